The number of ether oxygens (including phenoxy) is 1. The molecular weight excluding hydrogens is 324 g/mol. The molecule has 1 unspecified atom stereocenters. The number of anilines is 1. The van der Waals surface area contributed by atoms with Crippen molar-refractivity contribution in [2.75, 3.05) is 31.5 Å². The molecule has 1 atom stereocenters. The summed E-state index contributed by atoms with van der Waals surface area (Å²) in [5, 5.41) is 0. The smallest absolute Gasteiger partial charge is 0.151 e. The number of unbranched alkanes of at least 4 members (excludes halogenated alkanes) is 2. The number of rotatable bonds is 9. The summed E-state index contributed by atoms with van der Waals surface area (Å²) < 4.78 is 18.6. The molecule has 0 amide bonds. The van der Waals surface area contributed by atoms with Crippen molar-refractivity contribution in [1.29, 1.82) is 0 Å². The predicted octanol–water partition coefficient (Wildman–Crippen LogP) is 2.37. The van der Waals surface area contributed by atoms with E-state index < -0.39 is 10.8 Å². The van der Waals surface area contributed by atoms with Crippen LogP contribution in [0, 0.1) is 13.8 Å². The fourth-order valence-corrected chi connectivity index (χ4v) is 3.53. The van der Waals surface area contributed by atoms with E-state index in [0.717, 1.165) is 66.1 Å². The molecule has 6 nitrogen and oxygen atoms in total. The van der Waals surface area contributed by atoms with Crippen LogP contribution in [0.25, 0.3) is 11.0 Å². The lowest BCUT2D eigenvalue weighted by Gasteiger charge is -2.11. The molecule has 24 heavy (non-hydrogen) atoms. The van der Waals surface area contributed by atoms with Gasteiger partial charge in [0, 0.05) is 48.6 Å². The standard InChI is InChI=1S/C17H28N4O2S/c1-12-13(2)19-17(18)15-16(12)21(14(20-15)8-10-23-3)9-6-5-7-11-24(4)22/h5-11H2,1-4H3,(H2,18,19). The number of fused-ring (bicyclic) bond motifs is 1. The van der Waals surface area contributed by atoms with Crippen molar-refractivity contribution < 1.29 is 8.95 Å². The van der Waals surface area contributed by atoms with Gasteiger partial charge in [-0.05, 0) is 32.3 Å². The van der Waals surface area contributed by atoms with Gasteiger partial charge in [-0.3, -0.25) is 4.21 Å². The van der Waals surface area contributed by atoms with Crippen molar-refractivity contribution in [3.05, 3.63) is 17.1 Å². The molecule has 0 aliphatic rings. The lowest BCUT2D eigenvalue weighted by Crippen LogP contribution is -2.08. The largest absolute Gasteiger partial charge is 0.384 e. The Balaban J connectivity index is 2.28. The first-order chi connectivity index (χ1) is 11.5. The van der Waals surface area contributed by atoms with Gasteiger partial charge in [0.1, 0.15) is 11.3 Å². The van der Waals surface area contributed by atoms with Gasteiger partial charge < -0.3 is 15.0 Å². The molecule has 2 N–H and O–H groups in total. The number of aromatic nitrogens is 3. The number of nitrogen functional groups attached to an aromatic ring is 1. The molecular formula is C17H28N4O2S. The molecule has 0 aliphatic heterocycles. The Bertz CT molecular complexity index is 727. The first-order valence-corrected chi connectivity index (χ1v) is 10.1. The van der Waals surface area contributed by atoms with Crippen molar-refractivity contribution in [3.8, 4) is 0 Å². The van der Waals surface area contributed by atoms with E-state index in [-0.39, 0.29) is 0 Å². The van der Waals surface area contributed by atoms with Crippen LogP contribution in [0.5, 0.6) is 0 Å². The van der Waals surface area contributed by atoms with Gasteiger partial charge in [-0.25, -0.2) is 9.97 Å². The predicted molar refractivity (Wildman–Crippen MR) is 99.8 cm³/mol. The molecule has 0 bridgehead atoms. The van der Waals surface area contributed by atoms with Crippen LogP contribution in [-0.2, 0) is 28.5 Å². The lowest BCUT2D eigenvalue weighted by atomic mass is 10.2. The third kappa shape index (κ3) is 4.33. The van der Waals surface area contributed by atoms with E-state index in [1.807, 2.05) is 6.92 Å². The van der Waals surface area contributed by atoms with Crippen LogP contribution < -0.4 is 5.73 Å². The van der Waals surface area contributed by atoms with Gasteiger partial charge in [0.2, 0.25) is 0 Å². The zero-order valence-corrected chi connectivity index (χ0v) is 15.9. The van der Waals surface area contributed by atoms with E-state index in [4.69, 9.17) is 15.5 Å². The molecule has 0 aromatic carbocycles. The highest BCUT2D eigenvalue weighted by Gasteiger charge is 2.17. The number of imidazole rings is 1. The number of methoxy groups -OCH3 is 1. The highest BCUT2D eigenvalue weighted by Crippen LogP contribution is 2.26. The second-order valence-corrected chi connectivity index (χ2v) is 7.72. The highest BCUT2D eigenvalue weighted by molar-refractivity contribution is 7.84. The van der Waals surface area contributed by atoms with Crippen LogP contribution in [0.3, 0.4) is 0 Å². The quantitative estimate of drug-likeness (QED) is 0.701. The minimum absolute atomic E-state index is 0.492. The second kappa shape index (κ2) is 8.58. The van der Waals surface area contributed by atoms with E-state index in [2.05, 4.69) is 16.5 Å². The molecule has 0 fully saturated rings. The minimum atomic E-state index is -0.707. The fraction of sp³-hybridized carbons (Fsp3) is 0.647. The van der Waals surface area contributed by atoms with Crippen molar-refractivity contribution in [2.45, 2.75) is 46.1 Å². The summed E-state index contributed by atoms with van der Waals surface area (Å²) in [4.78, 5) is 9.13. The average Bonchev–Trinajstić information content (AvgIpc) is 2.89. The molecule has 0 saturated carbocycles. The molecule has 2 aromatic rings. The Labute approximate surface area is 146 Å². The van der Waals surface area contributed by atoms with Gasteiger partial charge in [0.15, 0.2) is 5.82 Å². The Morgan fingerprint density at radius 3 is 2.62 bits per heavy atom. The maximum atomic E-state index is 11.2. The van der Waals surface area contributed by atoms with Crippen LogP contribution in [0.4, 0.5) is 5.82 Å². The lowest BCUT2D eigenvalue weighted by molar-refractivity contribution is 0.199. The molecule has 0 radical (unpaired) electrons. The summed E-state index contributed by atoms with van der Waals surface area (Å²) in [6.45, 7) is 5.57. The van der Waals surface area contributed by atoms with Crippen molar-refractivity contribution in [1.82, 2.24) is 14.5 Å². The van der Waals surface area contributed by atoms with E-state index in [9.17, 15) is 4.21 Å². The summed E-state index contributed by atoms with van der Waals surface area (Å²) in [6, 6.07) is 0. The maximum absolute atomic E-state index is 11.2. The van der Waals surface area contributed by atoms with E-state index in [1.54, 1.807) is 13.4 Å². The second-order valence-electron chi connectivity index (χ2n) is 6.17. The number of hydrogen-bond acceptors (Lipinski definition) is 5. The van der Waals surface area contributed by atoms with Crippen molar-refractivity contribution in [3.63, 3.8) is 0 Å². The Morgan fingerprint density at radius 2 is 1.96 bits per heavy atom. The van der Waals surface area contributed by atoms with E-state index in [1.165, 1.54) is 0 Å². The van der Waals surface area contributed by atoms with E-state index in [0.29, 0.717) is 12.4 Å². The number of nitrogens with two attached hydrogens (primary N) is 1. The topological polar surface area (TPSA) is 83.0 Å². The Hall–Kier alpha value is -1.47. The molecule has 7 heteroatoms. The van der Waals surface area contributed by atoms with Gasteiger partial charge in [0.05, 0.1) is 12.1 Å². The average molecular weight is 353 g/mol. The molecule has 134 valence electrons. The summed E-state index contributed by atoms with van der Waals surface area (Å²) in [6.07, 6.45) is 5.59. The monoisotopic (exact) mass is 352 g/mol. The summed E-state index contributed by atoms with van der Waals surface area (Å²) >= 11 is 0. The Morgan fingerprint density at radius 1 is 1.21 bits per heavy atom. The summed E-state index contributed by atoms with van der Waals surface area (Å²) in [5.74, 6) is 2.26. The maximum Gasteiger partial charge on any atom is 0.151 e. The number of aryl methyl sites for hydroxylation is 3. The SMILES string of the molecule is COCCc1nc2c(N)nc(C)c(C)c2n1CCCCCS(C)=O. The Kier molecular flexibility index (Phi) is 6.74. The number of hydrogen-bond donors (Lipinski definition) is 1. The first-order valence-electron chi connectivity index (χ1n) is 8.36. The number of nitrogens with zero attached hydrogens (tertiary/aromatic N) is 3. The zero-order chi connectivity index (χ0) is 17.7. The van der Waals surface area contributed by atoms with E-state index >= 15 is 0 Å². The summed E-state index contributed by atoms with van der Waals surface area (Å²) in [7, 11) is 0.991. The first kappa shape index (κ1) is 18.9. The van der Waals surface area contributed by atoms with Crippen LogP contribution in [-0.4, -0.2) is 44.5 Å². The molecule has 2 heterocycles. The van der Waals surface area contributed by atoms with Gasteiger partial charge in [-0.1, -0.05) is 6.42 Å². The van der Waals surface area contributed by atoms with Crippen LogP contribution >= 0.6 is 0 Å². The van der Waals surface area contributed by atoms with Crippen LogP contribution in [0.2, 0.25) is 0 Å². The van der Waals surface area contributed by atoms with Gasteiger partial charge >= 0.3 is 0 Å². The fourth-order valence-electron chi connectivity index (χ4n) is 2.92. The van der Waals surface area contributed by atoms with Crippen molar-refractivity contribution >= 4 is 27.7 Å². The normalized spacial score (nSPS) is 12.8. The molecule has 0 aliphatic carbocycles. The molecule has 2 aromatic heterocycles. The molecule has 2 rings (SSSR count). The third-order valence-electron chi connectivity index (χ3n) is 4.32. The molecule has 0 spiro atoms. The van der Waals surface area contributed by atoms with Crippen molar-refractivity contribution in [2.24, 2.45) is 0 Å². The van der Waals surface area contributed by atoms with Crippen LogP contribution in [0.15, 0.2) is 0 Å². The van der Waals surface area contributed by atoms with Gasteiger partial charge in [-0.15, -0.1) is 0 Å². The molecule has 0 saturated heterocycles. The number of pyridine rings is 1. The minimum Gasteiger partial charge on any atom is -0.384 e. The van der Waals surface area contributed by atoms with Gasteiger partial charge in [0.25, 0.3) is 0 Å². The highest BCUT2D eigenvalue weighted by atomic mass is 32.2. The van der Waals surface area contributed by atoms with Gasteiger partial charge in [-0.2, -0.15) is 0 Å². The van der Waals surface area contributed by atoms with Crippen LogP contribution in [0.1, 0.15) is 36.3 Å². The third-order valence-corrected chi connectivity index (χ3v) is 5.18. The summed E-state index contributed by atoms with van der Waals surface area (Å²) in [5.41, 5.74) is 10.0. The zero-order valence-electron chi connectivity index (χ0n) is 15.1.